The van der Waals surface area contributed by atoms with Gasteiger partial charge in [0.1, 0.15) is 11.6 Å². The first-order valence-electron chi connectivity index (χ1n) is 9.11. The van der Waals surface area contributed by atoms with E-state index in [4.69, 9.17) is 4.98 Å². The highest BCUT2D eigenvalue weighted by Crippen LogP contribution is 2.23. The van der Waals surface area contributed by atoms with Gasteiger partial charge in [-0.05, 0) is 54.1 Å². The number of imidazole rings is 1. The zero-order valence-corrected chi connectivity index (χ0v) is 15.2. The molecule has 0 aliphatic rings. The lowest BCUT2D eigenvalue weighted by molar-refractivity contribution is 0.626. The van der Waals surface area contributed by atoms with E-state index in [0.717, 1.165) is 16.6 Å². The third-order valence-corrected chi connectivity index (χ3v) is 4.95. The van der Waals surface area contributed by atoms with Crippen molar-refractivity contribution in [3.63, 3.8) is 0 Å². The molecule has 0 N–H and O–H groups in total. The van der Waals surface area contributed by atoms with Crippen LogP contribution in [0.4, 0.5) is 8.78 Å². The molecular formula is C23H15F2N3O. The fourth-order valence-electron chi connectivity index (χ4n) is 3.56. The third-order valence-electron chi connectivity index (χ3n) is 4.95. The van der Waals surface area contributed by atoms with Gasteiger partial charge in [0.25, 0.3) is 5.56 Å². The van der Waals surface area contributed by atoms with Crippen molar-refractivity contribution in [3.8, 4) is 11.3 Å². The van der Waals surface area contributed by atoms with Crippen molar-refractivity contribution in [2.75, 3.05) is 0 Å². The molecule has 0 spiro atoms. The van der Waals surface area contributed by atoms with Crippen molar-refractivity contribution < 1.29 is 8.78 Å². The van der Waals surface area contributed by atoms with Gasteiger partial charge in [-0.3, -0.25) is 4.79 Å². The maximum atomic E-state index is 13.3. The summed E-state index contributed by atoms with van der Waals surface area (Å²) >= 11 is 0. The highest BCUT2D eigenvalue weighted by atomic mass is 19.1. The number of para-hydroxylation sites is 2. The van der Waals surface area contributed by atoms with Gasteiger partial charge >= 0.3 is 0 Å². The minimum absolute atomic E-state index is 0.219. The lowest BCUT2D eigenvalue weighted by atomic mass is 10.1. The lowest BCUT2D eigenvalue weighted by Crippen LogP contribution is -2.14. The molecule has 0 fully saturated rings. The van der Waals surface area contributed by atoms with Gasteiger partial charge in [-0.1, -0.05) is 24.3 Å². The fourth-order valence-corrected chi connectivity index (χ4v) is 3.56. The van der Waals surface area contributed by atoms with Crippen LogP contribution in [0.3, 0.4) is 0 Å². The molecule has 5 rings (SSSR count). The largest absolute Gasteiger partial charge is 0.305 e. The molecule has 0 amide bonds. The molecule has 0 saturated heterocycles. The van der Waals surface area contributed by atoms with Crippen LogP contribution in [0.1, 0.15) is 5.56 Å². The van der Waals surface area contributed by atoms with E-state index in [0.29, 0.717) is 23.6 Å². The van der Waals surface area contributed by atoms with Crippen molar-refractivity contribution in [3.05, 3.63) is 106 Å². The van der Waals surface area contributed by atoms with E-state index in [1.807, 2.05) is 28.8 Å². The van der Waals surface area contributed by atoms with Gasteiger partial charge in [-0.25, -0.2) is 18.2 Å². The van der Waals surface area contributed by atoms with Crippen LogP contribution in [0, 0.1) is 11.6 Å². The predicted molar refractivity (Wildman–Crippen MR) is 108 cm³/mol. The van der Waals surface area contributed by atoms with E-state index >= 15 is 0 Å². The molecule has 0 saturated carbocycles. The van der Waals surface area contributed by atoms with Gasteiger partial charge in [-0.15, -0.1) is 0 Å². The van der Waals surface area contributed by atoms with Gasteiger partial charge in [0.15, 0.2) is 0 Å². The summed E-state index contributed by atoms with van der Waals surface area (Å²) in [5, 5.41) is 0. The Morgan fingerprint density at radius 3 is 2.10 bits per heavy atom. The molecule has 4 nitrogen and oxygen atoms in total. The quantitative estimate of drug-likeness (QED) is 0.452. The van der Waals surface area contributed by atoms with E-state index < -0.39 is 0 Å². The van der Waals surface area contributed by atoms with Crippen molar-refractivity contribution in [2.45, 2.75) is 6.54 Å². The van der Waals surface area contributed by atoms with Crippen LogP contribution in [0.15, 0.2) is 83.7 Å². The second kappa shape index (κ2) is 6.67. The molecule has 5 aromatic rings. The highest BCUT2D eigenvalue weighted by molar-refractivity contribution is 5.81. The molecule has 0 radical (unpaired) electrons. The van der Waals surface area contributed by atoms with E-state index in [1.54, 1.807) is 28.7 Å². The number of benzene rings is 3. The summed E-state index contributed by atoms with van der Waals surface area (Å²) in [6, 6.07) is 21.1. The van der Waals surface area contributed by atoms with Crippen molar-refractivity contribution in [1.29, 1.82) is 0 Å². The maximum Gasteiger partial charge on any atom is 0.260 e. The molecule has 29 heavy (non-hydrogen) atoms. The number of halogens is 2. The van der Waals surface area contributed by atoms with Crippen LogP contribution in [-0.2, 0) is 6.54 Å². The number of hydrogen-bond acceptors (Lipinski definition) is 2. The minimum atomic E-state index is -0.350. The zero-order chi connectivity index (χ0) is 20.0. The van der Waals surface area contributed by atoms with Crippen LogP contribution in [0.25, 0.3) is 28.1 Å². The molecule has 0 aliphatic heterocycles. The monoisotopic (exact) mass is 387 g/mol. The number of aromatic nitrogens is 3. The Morgan fingerprint density at radius 1 is 0.793 bits per heavy atom. The van der Waals surface area contributed by atoms with Crippen molar-refractivity contribution in [1.82, 2.24) is 14.0 Å². The molecule has 0 unspecified atom stereocenters. The van der Waals surface area contributed by atoms with Crippen LogP contribution >= 0.6 is 0 Å². The van der Waals surface area contributed by atoms with E-state index in [2.05, 4.69) is 0 Å². The molecule has 2 heterocycles. The zero-order valence-electron chi connectivity index (χ0n) is 15.2. The first kappa shape index (κ1) is 17.3. The Kier molecular flexibility index (Phi) is 3.98. The number of fused-ring (bicyclic) bond motifs is 3. The van der Waals surface area contributed by atoms with E-state index in [9.17, 15) is 13.6 Å². The van der Waals surface area contributed by atoms with Crippen molar-refractivity contribution >= 4 is 16.8 Å². The Balaban J connectivity index is 1.77. The predicted octanol–water partition coefficient (Wildman–Crippen LogP) is 4.64. The SMILES string of the molecule is O=c1cc(-c2ccc(F)cc2)nc2n(Cc3ccc(F)cc3)c3ccccc3n12. The van der Waals surface area contributed by atoms with Gasteiger partial charge in [0.05, 0.1) is 23.3 Å². The molecular weight excluding hydrogens is 372 g/mol. The van der Waals surface area contributed by atoms with Crippen LogP contribution < -0.4 is 5.56 Å². The summed E-state index contributed by atoms with van der Waals surface area (Å²) in [6.07, 6.45) is 0. The molecule has 3 aromatic carbocycles. The van der Waals surface area contributed by atoms with Gasteiger partial charge in [0.2, 0.25) is 5.78 Å². The van der Waals surface area contributed by atoms with Crippen LogP contribution in [-0.4, -0.2) is 14.0 Å². The Morgan fingerprint density at radius 2 is 1.41 bits per heavy atom. The number of hydrogen-bond donors (Lipinski definition) is 0. The average Bonchev–Trinajstić information content (AvgIpc) is 3.04. The second-order valence-electron chi connectivity index (χ2n) is 6.82. The van der Waals surface area contributed by atoms with E-state index in [-0.39, 0.29) is 17.2 Å². The van der Waals surface area contributed by atoms with Gasteiger partial charge in [-0.2, -0.15) is 0 Å². The average molecular weight is 387 g/mol. The Bertz CT molecular complexity index is 1400. The summed E-state index contributed by atoms with van der Waals surface area (Å²) in [4.78, 5) is 17.7. The summed E-state index contributed by atoms with van der Waals surface area (Å²) in [5.41, 5.74) is 3.38. The highest BCUT2D eigenvalue weighted by Gasteiger charge is 2.15. The maximum absolute atomic E-state index is 13.3. The van der Waals surface area contributed by atoms with Crippen molar-refractivity contribution in [2.24, 2.45) is 0 Å². The van der Waals surface area contributed by atoms with E-state index in [1.165, 1.54) is 30.3 Å². The normalized spacial score (nSPS) is 11.4. The summed E-state index contributed by atoms with van der Waals surface area (Å²) in [5.74, 6) is -0.178. The molecule has 2 aromatic heterocycles. The van der Waals surface area contributed by atoms with Crippen LogP contribution in [0.2, 0.25) is 0 Å². The molecule has 0 aliphatic carbocycles. The van der Waals surface area contributed by atoms with Gasteiger partial charge < -0.3 is 4.57 Å². The summed E-state index contributed by atoms with van der Waals surface area (Å²) in [6.45, 7) is 0.427. The molecule has 142 valence electrons. The smallest absolute Gasteiger partial charge is 0.260 e. The topological polar surface area (TPSA) is 39.3 Å². The Labute approximate surface area is 164 Å². The standard InChI is InChI=1S/C23H15F2N3O/c24-17-9-5-15(6-10-17)14-27-20-3-1-2-4-21(20)28-22(29)13-19(26-23(27)28)16-7-11-18(25)12-8-16/h1-13H,14H2. The van der Waals surface area contributed by atoms with Gasteiger partial charge in [0, 0.05) is 11.6 Å². The minimum Gasteiger partial charge on any atom is -0.305 e. The first-order valence-corrected chi connectivity index (χ1v) is 9.11. The summed E-state index contributed by atoms with van der Waals surface area (Å²) in [7, 11) is 0. The molecule has 0 atom stereocenters. The third kappa shape index (κ3) is 2.99. The molecule has 0 bridgehead atoms. The Hall–Kier alpha value is -3.80. The fraction of sp³-hybridized carbons (Fsp3) is 0.0435. The number of nitrogens with zero attached hydrogens (tertiary/aromatic N) is 3. The summed E-state index contributed by atoms with van der Waals surface area (Å²) < 4.78 is 30.1. The first-order chi connectivity index (χ1) is 14.1. The number of rotatable bonds is 3. The molecule has 6 heteroatoms. The second-order valence-corrected chi connectivity index (χ2v) is 6.82. The van der Waals surface area contributed by atoms with Crippen LogP contribution in [0.5, 0.6) is 0 Å². The lowest BCUT2D eigenvalue weighted by Gasteiger charge is -2.07.